The zero-order valence-corrected chi connectivity index (χ0v) is 12.8. The first-order chi connectivity index (χ1) is 8.95. The molecule has 0 spiro atoms. The van der Waals surface area contributed by atoms with Gasteiger partial charge in [-0.15, -0.1) is 11.3 Å². The largest absolute Gasteiger partial charge is 0.381 e. The van der Waals surface area contributed by atoms with Gasteiger partial charge in [-0.05, 0) is 31.2 Å². The van der Waals surface area contributed by atoms with E-state index < -0.39 is 10.0 Å². The van der Waals surface area contributed by atoms with E-state index in [0.29, 0.717) is 23.0 Å². The first-order valence-corrected chi connectivity index (χ1v) is 8.69. The van der Waals surface area contributed by atoms with E-state index in [1.165, 1.54) is 11.3 Å². The molecule has 1 aromatic heterocycles. The van der Waals surface area contributed by atoms with Crippen molar-refractivity contribution in [3.05, 3.63) is 15.8 Å². The van der Waals surface area contributed by atoms with E-state index in [4.69, 9.17) is 10.5 Å². The van der Waals surface area contributed by atoms with Crippen LogP contribution >= 0.6 is 11.3 Å². The summed E-state index contributed by atoms with van der Waals surface area (Å²) in [6.07, 6.45) is 0.899. The summed E-state index contributed by atoms with van der Waals surface area (Å²) in [6.45, 7) is 5.27. The van der Waals surface area contributed by atoms with E-state index in [1.807, 2.05) is 12.3 Å². The van der Waals surface area contributed by atoms with E-state index in [0.717, 1.165) is 12.0 Å². The zero-order chi connectivity index (χ0) is 14.0. The molecule has 2 heterocycles. The minimum Gasteiger partial charge on any atom is -0.381 e. The van der Waals surface area contributed by atoms with Crippen molar-refractivity contribution in [2.75, 3.05) is 13.2 Å². The number of nitrogens with one attached hydrogen (secondary N) is 1. The summed E-state index contributed by atoms with van der Waals surface area (Å²) >= 11 is 1.39. The van der Waals surface area contributed by atoms with E-state index in [2.05, 4.69) is 4.72 Å². The van der Waals surface area contributed by atoms with Gasteiger partial charge in [-0.25, -0.2) is 13.1 Å². The van der Waals surface area contributed by atoms with Crippen LogP contribution in [0.5, 0.6) is 0 Å². The molecule has 19 heavy (non-hydrogen) atoms. The van der Waals surface area contributed by atoms with Crippen molar-refractivity contribution in [3.8, 4) is 0 Å². The zero-order valence-electron chi connectivity index (χ0n) is 11.2. The summed E-state index contributed by atoms with van der Waals surface area (Å²) in [5.74, 6) is 0.245. The third kappa shape index (κ3) is 3.17. The van der Waals surface area contributed by atoms with Crippen LogP contribution in [0.15, 0.2) is 10.3 Å². The van der Waals surface area contributed by atoms with Crippen molar-refractivity contribution in [1.82, 2.24) is 4.72 Å². The van der Waals surface area contributed by atoms with E-state index in [1.54, 1.807) is 6.92 Å². The van der Waals surface area contributed by atoms with Gasteiger partial charge in [0, 0.05) is 30.0 Å². The molecule has 1 aliphatic rings. The van der Waals surface area contributed by atoms with Gasteiger partial charge in [-0.2, -0.15) is 0 Å². The van der Waals surface area contributed by atoms with E-state index >= 15 is 0 Å². The second kappa shape index (κ2) is 5.88. The Labute approximate surface area is 118 Å². The molecule has 0 aromatic carbocycles. The lowest BCUT2D eigenvalue weighted by Gasteiger charge is -2.19. The number of hydrogen-bond donors (Lipinski definition) is 2. The molecule has 1 aliphatic heterocycles. The van der Waals surface area contributed by atoms with Gasteiger partial charge < -0.3 is 10.5 Å². The highest BCUT2D eigenvalue weighted by atomic mass is 32.2. The number of ether oxygens (including phenoxy) is 1. The van der Waals surface area contributed by atoms with Gasteiger partial charge in [0.1, 0.15) is 4.90 Å². The van der Waals surface area contributed by atoms with Gasteiger partial charge in [0.05, 0.1) is 6.61 Å². The molecule has 1 aromatic rings. The molecule has 2 rings (SSSR count). The molecule has 1 saturated heterocycles. The monoisotopic (exact) mass is 304 g/mol. The number of sulfonamides is 1. The fourth-order valence-electron chi connectivity index (χ4n) is 2.34. The number of aryl methyl sites for hydroxylation is 1. The summed E-state index contributed by atoms with van der Waals surface area (Å²) in [5, 5.41) is 1.83. The van der Waals surface area contributed by atoms with Crippen molar-refractivity contribution in [2.24, 2.45) is 11.7 Å². The van der Waals surface area contributed by atoms with Crippen LogP contribution in [0.25, 0.3) is 0 Å². The molecule has 0 saturated carbocycles. The second-order valence-corrected chi connectivity index (χ2v) is 7.52. The molecule has 2 unspecified atom stereocenters. The summed E-state index contributed by atoms with van der Waals surface area (Å²) in [7, 11) is -3.50. The first kappa shape index (κ1) is 14.9. The SMILES string of the molecule is Cc1csc(CN)c1S(=O)(=O)NC(C)C1CCOC1. The van der Waals surface area contributed by atoms with Crippen LogP contribution < -0.4 is 10.5 Å². The van der Waals surface area contributed by atoms with Crippen molar-refractivity contribution < 1.29 is 13.2 Å². The Balaban J connectivity index is 2.19. The lowest BCUT2D eigenvalue weighted by molar-refractivity contribution is 0.180. The topological polar surface area (TPSA) is 81.4 Å². The highest BCUT2D eigenvalue weighted by molar-refractivity contribution is 7.89. The molecule has 2 atom stereocenters. The number of nitrogens with two attached hydrogens (primary N) is 1. The van der Waals surface area contributed by atoms with E-state index in [-0.39, 0.29) is 18.5 Å². The summed E-state index contributed by atoms with van der Waals surface area (Å²) in [5.41, 5.74) is 6.37. The third-order valence-electron chi connectivity index (χ3n) is 3.46. The highest BCUT2D eigenvalue weighted by Crippen LogP contribution is 2.27. The fourth-order valence-corrected chi connectivity index (χ4v) is 5.35. The smallest absolute Gasteiger partial charge is 0.242 e. The standard InChI is InChI=1S/C12H20N2O3S2/c1-8-7-18-11(5-13)12(8)19(15,16)14-9(2)10-3-4-17-6-10/h7,9-10,14H,3-6,13H2,1-2H3. The number of thiophene rings is 1. The molecule has 0 radical (unpaired) electrons. The van der Waals surface area contributed by atoms with Gasteiger partial charge >= 0.3 is 0 Å². The van der Waals surface area contributed by atoms with Crippen molar-refractivity contribution in [2.45, 2.75) is 37.8 Å². The Morgan fingerprint density at radius 2 is 2.37 bits per heavy atom. The normalized spacial score (nSPS) is 21.7. The third-order valence-corrected chi connectivity index (χ3v) is 6.50. The van der Waals surface area contributed by atoms with Gasteiger partial charge in [-0.3, -0.25) is 0 Å². The fraction of sp³-hybridized carbons (Fsp3) is 0.667. The van der Waals surface area contributed by atoms with Crippen LogP contribution in [0.4, 0.5) is 0 Å². The Bertz CT molecular complexity index is 533. The molecule has 0 bridgehead atoms. The van der Waals surface area contributed by atoms with Crippen LogP contribution in [0.3, 0.4) is 0 Å². The predicted octanol–water partition coefficient (Wildman–Crippen LogP) is 1.22. The Morgan fingerprint density at radius 1 is 1.63 bits per heavy atom. The average molecular weight is 304 g/mol. The molecule has 108 valence electrons. The second-order valence-electron chi connectivity index (χ2n) is 4.91. The van der Waals surface area contributed by atoms with Gasteiger partial charge in [0.25, 0.3) is 0 Å². The van der Waals surface area contributed by atoms with Crippen molar-refractivity contribution >= 4 is 21.4 Å². The molecule has 0 amide bonds. The summed E-state index contributed by atoms with van der Waals surface area (Å²) in [4.78, 5) is 1.06. The van der Waals surface area contributed by atoms with Gasteiger partial charge in [0.2, 0.25) is 10.0 Å². The lowest BCUT2D eigenvalue weighted by Crippen LogP contribution is -2.38. The van der Waals surface area contributed by atoms with Crippen LogP contribution in [-0.4, -0.2) is 27.7 Å². The van der Waals surface area contributed by atoms with Crippen LogP contribution in [-0.2, 0) is 21.3 Å². The molecular weight excluding hydrogens is 284 g/mol. The minimum absolute atomic E-state index is 0.127. The maximum atomic E-state index is 12.5. The number of hydrogen-bond acceptors (Lipinski definition) is 5. The van der Waals surface area contributed by atoms with Gasteiger partial charge in [-0.1, -0.05) is 0 Å². The van der Waals surface area contributed by atoms with Crippen LogP contribution in [0, 0.1) is 12.8 Å². The summed E-state index contributed by atoms with van der Waals surface area (Å²) in [6, 6.07) is -0.127. The molecule has 5 nitrogen and oxygen atoms in total. The number of rotatable bonds is 5. The minimum atomic E-state index is -3.50. The maximum Gasteiger partial charge on any atom is 0.242 e. The van der Waals surface area contributed by atoms with Crippen molar-refractivity contribution in [3.63, 3.8) is 0 Å². The Morgan fingerprint density at radius 3 is 2.95 bits per heavy atom. The molecule has 3 N–H and O–H groups in total. The van der Waals surface area contributed by atoms with Gasteiger partial charge in [0.15, 0.2) is 0 Å². The predicted molar refractivity (Wildman–Crippen MR) is 75.7 cm³/mol. The summed E-state index contributed by atoms with van der Waals surface area (Å²) < 4.78 is 33.0. The lowest BCUT2D eigenvalue weighted by atomic mass is 10.0. The Kier molecular flexibility index (Phi) is 4.62. The maximum absolute atomic E-state index is 12.5. The molecule has 1 fully saturated rings. The molecular formula is C12H20N2O3S2. The van der Waals surface area contributed by atoms with Crippen LogP contribution in [0.2, 0.25) is 0 Å². The van der Waals surface area contributed by atoms with E-state index in [9.17, 15) is 8.42 Å². The molecule has 0 aliphatic carbocycles. The van der Waals surface area contributed by atoms with Crippen LogP contribution in [0.1, 0.15) is 23.8 Å². The highest BCUT2D eigenvalue weighted by Gasteiger charge is 2.29. The first-order valence-electron chi connectivity index (χ1n) is 6.33. The molecule has 7 heteroatoms. The quantitative estimate of drug-likeness (QED) is 0.857. The Hall–Kier alpha value is -0.470. The average Bonchev–Trinajstić information content (AvgIpc) is 2.96. The van der Waals surface area contributed by atoms with Crippen molar-refractivity contribution in [1.29, 1.82) is 0 Å².